The summed E-state index contributed by atoms with van der Waals surface area (Å²) < 4.78 is 61.0. The average molecular weight is 398 g/mol. The van der Waals surface area contributed by atoms with Gasteiger partial charge < -0.3 is 14.6 Å². The number of esters is 1. The number of benzene rings is 2. The van der Waals surface area contributed by atoms with Gasteiger partial charge in [-0.05, 0) is 43.3 Å². The van der Waals surface area contributed by atoms with Crippen molar-refractivity contribution >= 4 is 17.4 Å². The largest absolute Gasteiger partial charge is 0.505 e. The monoisotopic (exact) mass is 398 g/mol. The molecule has 0 radical (unpaired) electrons. The van der Waals surface area contributed by atoms with E-state index in [-0.39, 0.29) is 18.0 Å². The maximum atomic E-state index is 13.9. The van der Waals surface area contributed by atoms with E-state index in [4.69, 9.17) is 4.74 Å². The van der Waals surface area contributed by atoms with Crippen LogP contribution in [0, 0.1) is 11.6 Å². The Labute approximate surface area is 156 Å². The predicted octanol–water partition coefficient (Wildman–Crippen LogP) is 5.14. The van der Waals surface area contributed by atoms with Crippen molar-refractivity contribution in [2.24, 2.45) is 10.2 Å². The lowest BCUT2D eigenvalue weighted by Gasteiger charge is -2.08. The van der Waals surface area contributed by atoms with Crippen molar-refractivity contribution in [2.75, 3.05) is 6.61 Å². The van der Waals surface area contributed by atoms with Crippen LogP contribution in [-0.4, -0.2) is 24.3 Å². The Morgan fingerprint density at radius 2 is 1.71 bits per heavy atom. The van der Waals surface area contributed by atoms with Crippen molar-refractivity contribution in [1.29, 1.82) is 0 Å². The van der Waals surface area contributed by atoms with E-state index >= 15 is 0 Å². The molecule has 28 heavy (non-hydrogen) atoms. The predicted molar refractivity (Wildman–Crippen MR) is 90.1 cm³/mol. The molecule has 0 amide bonds. The van der Waals surface area contributed by atoms with Crippen molar-refractivity contribution in [3.8, 4) is 5.75 Å². The fourth-order valence-corrected chi connectivity index (χ4v) is 2.03. The third-order valence-corrected chi connectivity index (χ3v) is 3.22. The number of carbonyl (C=O) groups excluding carboxylic acids is 1. The molecule has 0 saturated heterocycles. The van der Waals surface area contributed by atoms with Crippen molar-refractivity contribution in [3.63, 3.8) is 0 Å². The van der Waals surface area contributed by atoms with Crippen LogP contribution in [0.25, 0.3) is 5.76 Å². The number of carbonyl (C=O) groups is 1. The van der Waals surface area contributed by atoms with E-state index in [1.807, 2.05) is 0 Å². The van der Waals surface area contributed by atoms with Gasteiger partial charge in [-0.2, -0.15) is 13.9 Å². The highest BCUT2D eigenvalue weighted by atomic mass is 19.3. The Bertz CT molecular complexity index is 879. The molecule has 0 unspecified atom stereocenters. The Morgan fingerprint density at radius 1 is 1.11 bits per heavy atom. The van der Waals surface area contributed by atoms with Crippen molar-refractivity contribution < 1.29 is 36.9 Å². The molecular weight excluding hydrogens is 384 g/mol. The number of rotatable bonds is 7. The summed E-state index contributed by atoms with van der Waals surface area (Å²) in [4.78, 5) is 12.0. The zero-order valence-electron chi connectivity index (χ0n) is 14.4. The lowest BCUT2D eigenvalue weighted by Crippen LogP contribution is -2.09. The second-order valence-corrected chi connectivity index (χ2v) is 5.09. The van der Waals surface area contributed by atoms with Crippen molar-refractivity contribution in [3.05, 3.63) is 65.4 Å². The minimum atomic E-state index is -3.00. The van der Waals surface area contributed by atoms with E-state index in [1.54, 1.807) is 0 Å². The lowest BCUT2D eigenvalue weighted by atomic mass is 10.1. The Morgan fingerprint density at radius 3 is 2.25 bits per heavy atom. The van der Waals surface area contributed by atoms with Crippen LogP contribution >= 0.6 is 0 Å². The summed E-state index contributed by atoms with van der Waals surface area (Å²) in [6.07, 6.45) is 0. The normalized spacial score (nSPS) is 12.2. The van der Waals surface area contributed by atoms with Gasteiger partial charge in [0.15, 0.2) is 5.76 Å². The lowest BCUT2D eigenvalue weighted by molar-refractivity contribution is -0.138. The minimum Gasteiger partial charge on any atom is -0.505 e. The zero-order valence-corrected chi connectivity index (χ0v) is 14.4. The number of hydrogen-bond donors (Lipinski definition) is 1. The van der Waals surface area contributed by atoms with Gasteiger partial charge in [-0.15, -0.1) is 5.11 Å². The first-order valence-electron chi connectivity index (χ1n) is 7.84. The van der Waals surface area contributed by atoms with Crippen LogP contribution < -0.4 is 4.74 Å². The number of halogens is 4. The van der Waals surface area contributed by atoms with Crippen LogP contribution in [0.2, 0.25) is 0 Å². The number of azo groups is 1. The van der Waals surface area contributed by atoms with Gasteiger partial charge in [0.1, 0.15) is 17.4 Å². The summed E-state index contributed by atoms with van der Waals surface area (Å²) >= 11 is 0. The van der Waals surface area contributed by atoms with Gasteiger partial charge in [-0.3, -0.25) is 0 Å². The van der Waals surface area contributed by atoms with Crippen molar-refractivity contribution in [1.82, 2.24) is 0 Å². The topological polar surface area (TPSA) is 80.5 Å². The molecule has 0 aliphatic carbocycles. The van der Waals surface area contributed by atoms with E-state index in [0.29, 0.717) is 0 Å². The molecule has 0 heterocycles. The molecule has 6 nitrogen and oxygen atoms in total. The van der Waals surface area contributed by atoms with Crippen molar-refractivity contribution in [2.45, 2.75) is 13.5 Å². The van der Waals surface area contributed by atoms with Crippen LogP contribution in [0.4, 0.5) is 23.2 Å². The molecule has 0 spiro atoms. The molecule has 148 valence electrons. The fraction of sp³-hybridized carbons (Fsp3) is 0.167. The maximum Gasteiger partial charge on any atom is 0.387 e. The molecule has 0 bridgehead atoms. The van der Waals surface area contributed by atoms with Gasteiger partial charge >= 0.3 is 12.6 Å². The number of aliphatic hydroxyl groups is 1. The number of hydrogen-bond acceptors (Lipinski definition) is 6. The first kappa shape index (κ1) is 20.9. The maximum absolute atomic E-state index is 13.9. The van der Waals surface area contributed by atoms with Gasteiger partial charge in [0.05, 0.1) is 17.9 Å². The Hall–Kier alpha value is -3.43. The first-order chi connectivity index (χ1) is 13.3. The Balaban J connectivity index is 2.41. The summed E-state index contributed by atoms with van der Waals surface area (Å²) in [5.74, 6) is -4.64. The zero-order chi connectivity index (χ0) is 20.7. The van der Waals surface area contributed by atoms with Gasteiger partial charge in [0.25, 0.3) is 0 Å². The average Bonchev–Trinajstić information content (AvgIpc) is 2.63. The van der Waals surface area contributed by atoms with Crippen LogP contribution in [-0.2, 0) is 9.53 Å². The number of ether oxygens (including phenoxy) is 2. The molecular formula is C18H14F4N2O4. The smallest absolute Gasteiger partial charge is 0.387 e. The number of nitrogens with zero attached hydrogens (tertiary/aromatic N) is 2. The summed E-state index contributed by atoms with van der Waals surface area (Å²) in [5.41, 5.74) is -1.62. The molecule has 0 fully saturated rings. The van der Waals surface area contributed by atoms with Gasteiger partial charge in [-0.25, -0.2) is 13.6 Å². The standard InChI is InChI=1S/C18H14F4N2O4/c1-2-27-17(26)15(16(25)14-12(19)4-3-5-13(14)20)24-23-10-6-8-11(9-7-10)28-18(21)22/h3-9,18,25H,2H2,1H3/b16-15+,24-23?. The fourth-order valence-electron chi connectivity index (χ4n) is 2.03. The minimum absolute atomic E-state index is 0.0882. The highest BCUT2D eigenvalue weighted by molar-refractivity contribution is 5.95. The molecule has 0 aliphatic heterocycles. The molecule has 2 rings (SSSR count). The molecule has 0 saturated carbocycles. The van der Waals surface area contributed by atoms with Gasteiger partial charge in [0.2, 0.25) is 5.70 Å². The molecule has 0 aliphatic rings. The van der Waals surface area contributed by atoms with E-state index < -0.39 is 41.2 Å². The molecule has 0 atom stereocenters. The third-order valence-electron chi connectivity index (χ3n) is 3.22. The highest BCUT2D eigenvalue weighted by Gasteiger charge is 2.23. The second kappa shape index (κ2) is 9.49. The van der Waals surface area contributed by atoms with E-state index in [2.05, 4.69) is 15.0 Å². The number of alkyl halides is 2. The van der Waals surface area contributed by atoms with Gasteiger partial charge in [0, 0.05) is 0 Å². The van der Waals surface area contributed by atoms with Crippen LogP contribution in [0.1, 0.15) is 12.5 Å². The highest BCUT2D eigenvalue weighted by Crippen LogP contribution is 2.26. The molecule has 2 aromatic carbocycles. The quantitative estimate of drug-likeness (QED) is 0.230. The van der Waals surface area contributed by atoms with Crippen LogP contribution in [0.5, 0.6) is 5.75 Å². The SMILES string of the molecule is CCOC(=O)/C(N=Nc1ccc(OC(F)F)cc1)=C(\O)c1c(F)cccc1F. The molecule has 0 aromatic heterocycles. The summed E-state index contributed by atoms with van der Waals surface area (Å²) in [7, 11) is 0. The summed E-state index contributed by atoms with van der Waals surface area (Å²) in [6, 6.07) is 7.67. The van der Waals surface area contributed by atoms with Crippen LogP contribution in [0.15, 0.2) is 58.4 Å². The molecule has 10 heteroatoms. The van der Waals surface area contributed by atoms with E-state index in [1.165, 1.54) is 31.2 Å². The van der Waals surface area contributed by atoms with E-state index in [9.17, 15) is 27.5 Å². The third kappa shape index (κ3) is 5.29. The van der Waals surface area contributed by atoms with Crippen LogP contribution in [0.3, 0.4) is 0 Å². The molecule has 1 N–H and O–H groups in total. The van der Waals surface area contributed by atoms with E-state index in [0.717, 1.165) is 18.2 Å². The summed E-state index contributed by atoms with van der Waals surface area (Å²) in [6.45, 7) is -1.61. The number of aliphatic hydroxyl groups excluding tert-OH is 1. The second-order valence-electron chi connectivity index (χ2n) is 5.09. The summed E-state index contributed by atoms with van der Waals surface area (Å²) in [5, 5.41) is 17.4. The Kier molecular flexibility index (Phi) is 7.08. The van der Waals surface area contributed by atoms with Gasteiger partial charge in [-0.1, -0.05) is 6.07 Å². The first-order valence-corrected chi connectivity index (χ1v) is 7.84. The molecule has 2 aromatic rings.